The largest absolute Gasteiger partial charge is 0.497 e. The summed E-state index contributed by atoms with van der Waals surface area (Å²) in [5.74, 6) is 1.13. The second-order valence-corrected chi connectivity index (χ2v) is 7.80. The summed E-state index contributed by atoms with van der Waals surface area (Å²) in [7, 11) is 3.09. The van der Waals surface area contributed by atoms with Crippen LogP contribution in [0.1, 0.15) is 49.3 Å². The number of halogens is 3. The molecule has 0 unspecified atom stereocenters. The van der Waals surface area contributed by atoms with E-state index in [4.69, 9.17) is 14.6 Å². The second-order valence-electron chi connectivity index (χ2n) is 7.80. The van der Waals surface area contributed by atoms with E-state index in [1.807, 2.05) is 6.92 Å². The summed E-state index contributed by atoms with van der Waals surface area (Å²) < 4.78 is 54.3. The van der Waals surface area contributed by atoms with Crippen LogP contribution in [0.2, 0.25) is 0 Å². The van der Waals surface area contributed by atoms with Gasteiger partial charge in [-0.3, -0.25) is 4.68 Å². The van der Waals surface area contributed by atoms with E-state index >= 15 is 0 Å². The third-order valence-corrected chi connectivity index (χ3v) is 5.95. The molecule has 0 saturated heterocycles. The van der Waals surface area contributed by atoms with Gasteiger partial charge in [0.25, 0.3) is 0 Å². The number of hydrogen-bond donors (Lipinski definition) is 0. The van der Waals surface area contributed by atoms with Gasteiger partial charge in [-0.05, 0) is 43.5 Å². The van der Waals surface area contributed by atoms with Gasteiger partial charge in [0.05, 0.1) is 31.3 Å². The molecular weight excluding hydrogens is 393 g/mol. The quantitative estimate of drug-likeness (QED) is 0.482. The fourth-order valence-corrected chi connectivity index (χ4v) is 4.44. The average molecular weight is 418 g/mol. The van der Waals surface area contributed by atoms with E-state index in [1.165, 1.54) is 19.2 Å². The highest BCUT2D eigenvalue weighted by molar-refractivity contribution is 5.99. The highest BCUT2D eigenvalue weighted by Gasteiger charge is 2.36. The summed E-state index contributed by atoms with van der Waals surface area (Å²) in [5, 5.41) is 5.30. The molecule has 4 rings (SSSR count). The van der Waals surface area contributed by atoms with Crippen molar-refractivity contribution in [3.8, 4) is 22.8 Å². The van der Waals surface area contributed by atoms with Gasteiger partial charge in [-0.25, -0.2) is 0 Å². The van der Waals surface area contributed by atoms with Crippen LogP contribution in [0, 0.1) is 6.92 Å². The SMILES string of the molecule is COc1ccc(-c2nn(C3CCCCC3)c3c(C(F)(F)F)ccc(C)c23)c(OC)c1. The van der Waals surface area contributed by atoms with Crippen LogP contribution >= 0.6 is 0 Å². The first kappa shape index (κ1) is 20.6. The van der Waals surface area contributed by atoms with Gasteiger partial charge in [-0.1, -0.05) is 25.3 Å². The van der Waals surface area contributed by atoms with Gasteiger partial charge < -0.3 is 9.47 Å². The minimum atomic E-state index is -4.46. The number of methoxy groups -OCH3 is 2. The first-order valence-corrected chi connectivity index (χ1v) is 10.2. The summed E-state index contributed by atoms with van der Waals surface area (Å²) in [6, 6.07) is 7.95. The molecule has 1 aliphatic carbocycles. The molecule has 0 N–H and O–H groups in total. The number of rotatable bonds is 4. The summed E-state index contributed by atoms with van der Waals surface area (Å²) in [6.07, 6.45) is 0.322. The Labute approximate surface area is 173 Å². The molecule has 1 aliphatic rings. The number of nitrogens with zero attached hydrogens (tertiary/aromatic N) is 2. The second kappa shape index (κ2) is 7.85. The zero-order chi connectivity index (χ0) is 21.5. The molecule has 3 aromatic rings. The van der Waals surface area contributed by atoms with Crippen molar-refractivity contribution in [2.24, 2.45) is 0 Å². The molecule has 0 atom stereocenters. The maximum absolute atomic E-state index is 14.0. The van der Waals surface area contributed by atoms with Crippen LogP contribution in [0.4, 0.5) is 13.2 Å². The van der Waals surface area contributed by atoms with Crippen LogP contribution < -0.4 is 9.47 Å². The van der Waals surface area contributed by atoms with Gasteiger partial charge >= 0.3 is 6.18 Å². The fourth-order valence-electron chi connectivity index (χ4n) is 4.44. The summed E-state index contributed by atoms with van der Waals surface area (Å²) in [6.45, 7) is 1.83. The van der Waals surface area contributed by atoms with Crippen LogP contribution in [0.25, 0.3) is 22.2 Å². The Hall–Kier alpha value is -2.70. The van der Waals surface area contributed by atoms with Crippen molar-refractivity contribution in [2.45, 2.75) is 51.2 Å². The van der Waals surface area contributed by atoms with E-state index in [0.29, 0.717) is 28.1 Å². The lowest BCUT2D eigenvalue weighted by molar-refractivity contribution is -0.136. The van der Waals surface area contributed by atoms with Crippen LogP contribution in [-0.4, -0.2) is 24.0 Å². The van der Waals surface area contributed by atoms with Gasteiger partial charge in [0.1, 0.15) is 17.2 Å². The smallest absolute Gasteiger partial charge is 0.418 e. The van der Waals surface area contributed by atoms with Crippen LogP contribution in [0.15, 0.2) is 30.3 Å². The molecular formula is C23H25F3N2O2. The summed E-state index contributed by atoms with van der Waals surface area (Å²) >= 11 is 0. The van der Waals surface area contributed by atoms with Gasteiger partial charge in [0, 0.05) is 17.0 Å². The first-order chi connectivity index (χ1) is 14.3. The first-order valence-electron chi connectivity index (χ1n) is 10.2. The molecule has 30 heavy (non-hydrogen) atoms. The highest BCUT2D eigenvalue weighted by Crippen LogP contribution is 2.44. The predicted octanol–water partition coefficient (Wildman–Crippen LogP) is 6.55. The van der Waals surface area contributed by atoms with E-state index in [2.05, 4.69) is 0 Å². The molecule has 2 aromatic carbocycles. The molecule has 160 valence electrons. The minimum absolute atomic E-state index is 0.0397. The van der Waals surface area contributed by atoms with Gasteiger partial charge in [0.2, 0.25) is 0 Å². The summed E-state index contributed by atoms with van der Waals surface area (Å²) in [4.78, 5) is 0. The van der Waals surface area contributed by atoms with E-state index in [-0.39, 0.29) is 11.6 Å². The Morgan fingerprint density at radius 1 is 1.00 bits per heavy atom. The lowest BCUT2D eigenvalue weighted by Gasteiger charge is -2.24. The average Bonchev–Trinajstić information content (AvgIpc) is 3.14. The number of ether oxygens (including phenoxy) is 2. The zero-order valence-corrected chi connectivity index (χ0v) is 17.3. The maximum Gasteiger partial charge on any atom is 0.418 e. The van der Waals surface area contributed by atoms with E-state index < -0.39 is 11.7 Å². The molecule has 1 fully saturated rings. The number of alkyl halides is 3. The molecule has 0 aliphatic heterocycles. The number of aromatic nitrogens is 2. The normalized spacial score (nSPS) is 15.5. The Morgan fingerprint density at radius 3 is 2.37 bits per heavy atom. The maximum atomic E-state index is 14.0. The molecule has 4 nitrogen and oxygen atoms in total. The number of hydrogen-bond acceptors (Lipinski definition) is 3. The van der Waals surface area contributed by atoms with Crippen LogP contribution in [-0.2, 0) is 6.18 Å². The monoisotopic (exact) mass is 418 g/mol. The number of fused-ring (bicyclic) bond motifs is 1. The minimum Gasteiger partial charge on any atom is -0.497 e. The van der Waals surface area contributed by atoms with Crippen molar-refractivity contribution in [3.05, 3.63) is 41.5 Å². The van der Waals surface area contributed by atoms with Crippen molar-refractivity contribution in [2.75, 3.05) is 14.2 Å². The van der Waals surface area contributed by atoms with Crippen molar-refractivity contribution in [1.82, 2.24) is 9.78 Å². The van der Waals surface area contributed by atoms with E-state index in [9.17, 15) is 13.2 Å². The third kappa shape index (κ3) is 3.50. The van der Waals surface area contributed by atoms with E-state index in [1.54, 1.807) is 30.0 Å². The Morgan fingerprint density at radius 2 is 1.73 bits per heavy atom. The highest BCUT2D eigenvalue weighted by atomic mass is 19.4. The third-order valence-electron chi connectivity index (χ3n) is 5.95. The van der Waals surface area contributed by atoms with Crippen molar-refractivity contribution in [3.63, 3.8) is 0 Å². The van der Waals surface area contributed by atoms with E-state index in [0.717, 1.165) is 37.7 Å². The zero-order valence-electron chi connectivity index (χ0n) is 17.3. The molecule has 0 radical (unpaired) electrons. The molecule has 1 saturated carbocycles. The lowest BCUT2D eigenvalue weighted by atomic mass is 9.95. The molecule has 0 spiro atoms. The van der Waals surface area contributed by atoms with Gasteiger partial charge in [-0.15, -0.1) is 0 Å². The topological polar surface area (TPSA) is 36.3 Å². The van der Waals surface area contributed by atoms with Gasteiger partial charge in [0.15, 0.2) is 0 Å². The van der Waals surface area contributed by atoms with Crippen LogP contribution in [0.5, 0.6) is 11.5 Å². The predicted molar refractivity (Wildman–Crippen MR) is 110 cm³/mol. The van der Waals surface area contributed by atoms with Crippen LogP contribution in [0.3, 0.4) is 0 Å². The Bertz CT molecular complexity index is 1070. The molecule has 0 bridgehead atoms. The summed E-state index contributed by atoms with van der Waals surface area (Å²) in [5.41, 5.74) is 1.45. The molecule has 0 amide bonds. The molecule has 1 aromatic heterocycles. The van der Waals surface area contributed by atoms with Crippen molar-refractivity contribution in [1.29, 1.82) is 0 Å². The lowest BCUT2D eigenvalue weighted by Crippen LogP contribution is -2.16. The Balaban J connectivity index is 2.04. The standard InChI is InChI=1S/C23H25F3N2O2/c1-14-9-12-18(23(24,25)26)22-20(14)21(27-28(22)15-7-5-4-6-8-15)17-11-10-16(29-2)13-19(17)30-3/h9-13,15H,4-8H2,1-3H3. The molecule has 1 heterocycles. The van der Waals surface area contributed by atoms with Crippen molar-refractivity contribution < 1.29 is 22.6 Å². The van der Waals surface area contributed by atoms with Gasteiger partial charge in [-0.2, -0.15) is 18.3 Å². The molecule has 7 heteroatoms. The number of aryl methyl sites for hydroxylation is 1. The Kier molecular flexibility index (Phi) is 5.38. The van der Waals surface area contributed by atoms with Crippen molar-refractivity contribution >= 4 is 10.9 Å². The fraction of sp³-hybridized carbons (Fsp3) is 0.435. The number of benzene rings is 2.